The van der Waals surface area contributed by atoms with Crippen molar-refractivity contribution in [2.75, 3.05) is 26.2 Å². The average Bonchev–Trinajstić information content (AvgIpc) is 3.30. The number of rotatable bonds is 7. The van der Waals surface area contributed by atoms with Gasteiger partial charge in [-0.15, -0.1) is 0 Å². The Morgan fingerprint density at radius 2 is 2.04 bits per heavy atom. The molecule has 0 radical (unpaired) electrons. The van der Waals surface area contributed by atoms with Crippen molar-refractivity contribution in [1.29, 1.82) is 0 Å². The van der Waals surface area contributed by atoms with E-state index < -0.39 is 0 Å². The van der Waals surface area contributed by atoms with Crippen molar-refractivity contribution in [3.05, 3.63) is 18.2 Å². The Kier molecular flexibility index (Phi) is 6.07. The minimum Gasteiger partial charge on any atom is -0.342 e. The van der Waals surface area contributed by atoms with Crippen molar-refractivity contribution in [2.24, 2.45) is 5.41 Å². The van der Waals surface area contributed by atoms with Crippen LogP contribution in [0, 0.1) is 12.3 Å². The molecule has 1 aliphatic carbocycles. The van der Waals surface area contributed by atoms with E-state index >= 15 is 0 Å². The number of carbonyl (C=O) groups is 2. The predicted octanol–water partition coefficient (Wildman–Crippen LogP) is 2.40. The summed E-state index contributed by atoms with van der Waals surface area (Å²) < 4.78 is 2.08. The van der Waals surface area contributed by atoms with E-state index in [1.54, 1.807) is 6.20 Å². The minimum absolute atomic E-state index is 0.00792. The molecule has 150 valence electrons. The van der Waals surface area contributed by atoms with Crippen molar-refractivity contribution in [2.45, 2.75) is 65.5 Å². The van der Waals surface area contributed by atoms with Gasteiger partial charge < -0.3 is 19.7 Å². The first-order valence-electron chi connectivity index (χ1n) is 10.3. The van der Waals surface area contributed by atoms with E-state index in [0.717, 1.165) is 57.6 Å². The normalized spacial score (nSPS) is 19.0. The molecule has 0 aromatic carbocycles. The molecule has 27 heavy (non-hydrogen) atoms. The predicted molar refractivity (Wildman–Crippen MR) is 104 cm³/mol. The van der Waals surface area contributed by atoms with Gasteiger partial charge in [-0.3, -0.25) is 4.79 Å². The maximum atomic E-state index is 12.7. The molecule has 0 atom stereocenters. The van der Waals surface area contributed by atoms with E-state index in [9.17, 15) is 9.59 Å². The molecule has 1 saturated carbocycles. The van der Waals surface area contributed by atoms with Gasteiger partial charge in [-0.05, 0) is 39.0 Å². The zero-order valence-corrected chi connectivity index (χ0v) is 16.9. The Hall–Kier alpha value is -2.05. The zero-order valence-electron chi connectivity index (χ0n) is 16.9. The fourth-order valence-electron chi connectivity index (χ4n) is 3.80. The molecule has 1 aliphatic heterocycles. The molecule has 0 unspecified atom stereocenters. The number of carbonyl (C=O) groups excluding carboxylic acids is 2. The topological polar surface area (TPSA) is 70.5 Å². The average molecular weight is 376 g/mol. The Bertz CT molecular complexity index is 659. The van der Waals surface area contributed by atoms with Gasteiger partial charge in [-0.25, -0.2) is 9.78 Å². The highest BCUT2D eigenvalue weighted by Gasteiger charge is 2.47. The fourth-order valence-corrected chi connectivity index (χ4v) is 3.80. The molecule has 7 heteroatoms. The van der Waals surface area contributed by atoms with Crippen molar-refractivity contribution < 1.29 is 9.59 Å². The maximum absolute atomic E-state index is 12.7. The van der Waals surface area contributed by atoms with Gasteiger partial charge in [0.15, 0.2) is 0 Å². The van der Waals surface area contributed by atoms with Crippen LogP contribution in [0.2, 0.25) is 0 Å². The van der Waals surface area contributed by atoms with E-state index in [-0.39, 0.29) is 17.5 Å². The molecule has 2 heterocycles. The Morgan fingerprint density at radius 3 is 2.59 bits per heavy atom. The van der Waals surface area contributed by atoms with E-state index in [4.69, 9.17) is 0 Å². The molecule has 0 spiro atoms. The molecule has 3 rings (SSSR count). The van der Waals surface area contributed by atoms with Gasteiger partial charge in [0, 0.05) is 56.6 Å². The third-order valence-electron chi connectivity index (χ3n) is 6.00. The van der Waals surface area contributed by atoms with E-state index in [1.807, 2.05) is 22.9 Å². The molecule has 1 N–H and O–H groups in total. The standard InChI is InChI=1S/C20H33N5O2/c1-4-9-22-19(27)25(15-14-23-13-10-21-16(23)2)17-5-11-24(12-6-17)18(26)20(3)7-8-20/h10,13,17H,4-9,11-12,14-15H2,1-3H3,(H,22,27). The summed E-state index contributed by atoms with van der Waals surface area (Å²) in [7, 11) is 0. The van der Waals surface area contributed by atoms with Gasteiger partial charge in [0.1, 0.15) is 5.82 Å². The summed E-state index contributed by atoms with van der Waals surface area (Å²) in [6.07, 6.45) is 8.40. The highest BCUT2D eigenvalue weighted by atomic mass is 16.2. The number of amides is 3. The molecule has 7 nitrogen and oxygen atoms in total. The summed E-state index contributed by atoms with van der Waals surface area (Å²) in [4.78, 5) is 33.5. The summed E-state index contributed by atoms with van der Waals surface area (Å²) in [6.45, 7) is 9.69. The Morgan fingerprint density at radius 1 is 1.33 bits per heavy atom. The molecule has 1 saturated heterocycles. The third kappa shape index (κ3) is 4.62. The lowest BCUT2D eigenvalue weighted by molar-refractivity contribution is -0.137. The summed E-state index contributed by atoms with van der Waals surface area (Å²) >= 11 is 0. The highest BCUT2D eigenvalue weighted by molar-refractivity contribution is 5.85. The number of likely N-dealkylation sites (tertiary alicyclic amines) is 1. The molecule has 3 amide bonds. The van der Waals surface area contributed by atoms with E-state index in [0.29, 0.717) is 19.0 Å². The van der Waals surface area contributed by atoms with Gasteiger partial charge in [0.25, 0.3) is 0 Å². The second-order valence-electron chi connectivity index (χ2n) is 8.18. The van der Waals surface area contributed by atoms with Crippen LogP contribution in [0.4, 0.5) is 4.79 Å². The summed E-state index contributed by atoms with van der Waals surface area (Å²) in [5.74, 6) is 1.26. The maximum Gasteiger partial charge on any atom is 0.317 e. The van der Waals surface area contributed by atoms with Crippen LogP contribution in [0.25, 0.3) is 0 Å². The van der Waals surface area contributed by atoms with Crippen LogP contribution in [0.5, 0.6) is 0 Å². The van der Waals surface area contributed by atoms with Gasteiger partial charge in [-0.2, -0.15) is 0 Å². The number of nitrogens with one attached hydrogen (secondary N) is 1. The number of hydrogen-bond donors (Lipinski definition) is 1. The van der Waals surface area contributed by atoms with Crippen LogP contribution in [-0.4, -0.2) is 63.5 Å². The van der Waals surface area contributed by atoms with Crippen molar-refractivity contribution in [3.8, 4) is 0 Å². The lowest BCUT2D eigenvalue weighted by atomic mass is 10.0. The minimum atomic E-state index is -0.107. The second-order valence-corrected chi connectivity index (χ2v) is 8.18. The van der Waals surface area contributed by atoms with Gasteiger partial charge >= 0.3 is 6.03 Å². The summed E-state index contributed by atoms with van der Waals surface area (Å²) in [5.41, 5.74) is -0.107. The number of nitrogens with zero attached hydrogens (tertiary/aromatic N) is 4. The molecule has 1 aromatic heterocycles. The largest absolute Gasteiger partial charge is 0.342 e. The quantitative estimate of drug-likeness (QED) is 0.796. The zero-order chi connectivity index (χ0) is 19.4. The smallest absolute Gasteiger partial charge is 0.317 e. The lowest BCUT2D eigenvalue weighted by Crippen LogP contribution is -2.53. The Balaban J connectivity index is 1.59. The van der Waals surface area contributed by atoms with Crippen molar-refractivity contribution >= 4 is 11.9 Å². The summed E-state index contributed by atoms with van der Waals surface area (Å²) in [5, 5.41) is 3.02. The number of imidazole rings is 1. The number of urea groups is 1. The number of piperidine rings is 1. The highest BCUT2D eigenvalue weighted by Crippen LogP contribution is 2.46. The molecule has 0 bridgehead atoms. The fraction of sp³-hybridized carbons (Fsp3) is 0.750. The molecule has 2 fully saturated rings. The van der Waals surface area contributed by atoms with Crippen LogP contribution in [0.15, 0.2) is 12.4 Å². The van der Waals surface area contributed by atoms with E-state index in [1.165, 1.54) is 0 Å². The van der Waals surface area contributed by atoms with E-state index in [2.05, 4.69) is 28.7 Å². The van der Waals surface area contributed by atoms with Crippen LogP contribution >= 0.6 is 0 Å². The van der Waals surface area contributed by atoms with Crippen LogP contribution in [-0.2, 0) is 11.3 Å². The first-order chi connectivity index (χ1) is 12.9. The van der Waals surface area contributed by atoms with Gasteiger partial charge in [-0.1, -0.05) is 13.8 Å². The monoisotopic (exact) mass is 375 g/mol. The Labute approximate surface area is 162 Å². The van der Waals surface area contributed by atoms with Crippen molar-refractivity contribution in [1.82, 2.24) is 24.7 Å². The van der Waals surface area contributed by atoms with Crippen LogP contribution in [0.3, 0.4) is 0 Å². The van der Waals surface area contributed by atoms with Crippen molar-refractivity contribution in [3.63, 3.8) is 0 Å². The lowest BCUT2D eigenvalue weighted by Gasteiger charge is -2.39. The van der Waals surface area contributed by atoms with Gasteiger partial charge in [0.2, 0.25) is 5.91 Å². The molecular weight excluding hydrogens is 342 g/mol. The third-order valence-corrected chi connectivity index (χ3v) is 6.00. The molecular formula is C20H33N5O2. The number of aromatic nitrogens is 2. The first kappa shape index (κ1) is 19.7. The van der Waals surface area contributed by atoms with Crippen LogP contribution < -0.4 is 5.32 Å². The van der Waals surface area contributed by atoms with Crippen LogP contribution in [0.1, 0.15) is 51.8 Å². The number of hydrogen-bond acceptors (Lipinski definition) is 3. The SMILES string of the molecule is CCCNC(=O)N(CCn1ccnc1C)C1CCN(C(=O)C2(C)CC2)CC1. The second kappa shape index (κ2) is 8.31. The number of aryl methyl sites for hydroxylation is 1. The van der Waals surface area contributed by atoms with Gasteiger partial charge in [0.05, 0.1) is 0 Å². The first-order valence-corrected chi connectivity index (χ1v) is 10.3. The molecule has 2 aliphatic rings. The summed E-state index contributed by atoms with van der Waals surface area (Å²) in [6, 6.07) is 0.190. The molecule has 1 aromatic rings.